The van der Waals surface area contributed by atoms with Crippen LogP contribution in [0.2, 0.25) is 0 Å². The quantitative estimate of drug-likeness (QED) is 0.663. The van der Waals surface area contributed by atoms with Gasteiger partial charge in [-0.1, -0.05) is 6.92 Å². The first-order chi connectivity index (χ1) is 6.62. The molecule has 0 radical (unpaired) electrons. The zero-order valence-corrected chi connectivity index (χ0v) is 8.89. The third kappa shape index (κ3) is 2.23. The number of carbonyl (C=O) groups is 1. The van der Waals surface area contributed by atoms with Gasteiger partial charge in [-0.15, -0.1) is 0 Å². The Balaban J connectivity index is 2.63. The van der Waals surface area contributed by atoms with Crippen molar-refractivity contribution in [3.8, 4) is 0 Å². The Kier molecular flexibility index (Phi) is 3.46. The highest BCUT2D eigenvalue weighted by Gasteiger charge is 2.40. The molecular formula is C9H17N3O2. The van der Waals surface area contributed by atoms with E-state index in [1.165, 1.54) is 0 Å². The molecule has 1 atom stereocenters. The lowest BCUT2D eigenvalue weighted by Crippen LogP contribution is -2.47. The Bertz CT molecular complexity index is 252. The van der Waals surface area contributed by atoms with Gasteiger partial charge in [-0.25, -0.2) is 0 Å². The van der Waals surface area contributed by atoms with E-state index in [4.69, 9.17) is 4.74 Å². The van der Waals surface area contributed by atoms with Crippen LogP contribution in [-0.4, -0.2) is 37.7 Å². The molecule has 1 saturated heterocycles. The molecule has 5 heteroatoms. The van der Waals surface area contributed by atoms with Gasteiger partial charge in [0.1, 0.15) is 5.54 Å². The minimum atomic E-state index is -0.679. The van der Waals surface area contributed by atoms with E-state index in [-0.39, 0.29) is 5.91 Å². The molecule has 1 unspecified atom stereocenters. The predicted molar refractivity (Wildman–Crippen MR) is 54.2 cm³/mol. The smallest absolute Gasteiger partial charge is 0.254 e. The van der Waals surface area contributed by atoms with Crippen molar-refractivity contribution in [1.29, 1.82) is 0 Å². The Morgan fingerprint density at radius 1 is 1.57 bits per heavy atom. The first-order valence-corrected chi connectivity index (χ1v) is 4.75. The van der Waals surface area contributed by atoms with Crippen LogP contribution >= 0.6 is 0 Å². The Hall–Kier alpha value is -1.10. The molecule has 1 aliphatic heterocycles. The Morgan fingerprint density at radius 2 is 2.29 bits per heavy atom. The van der Waals surface area contributed by atoms with Crippen molar-refractivity contribution < 1.29 is 9.53 Å². The minimum Gasteiger partial charge on any atom is -0.382 e. The summed E-state index contributed by atoms with van der Waals surface area (Å²) in [5.74, 6) is 0.464. The van der Waals surface area contributed by atoms with Gasteiger partial charge in [0.15, 0.2) is 5.96 Å². The predicted octanol–water partition coefficient (Wildman–Crippen LogP) is -0.123. The number of hydrogen-bond acceptors (Lipinski definition) is 3. The number of hydrogen-bond donors (Lipinski definition) is 2. The first kappa shape index (κ1) is 11.0. The second kappa shape index (κ2) is 4.41. The van der Waals surface area contributed by atoms with E-state index in [0.717, 1.165) is 6.42 Å². The van der Waals surface area contributed by atoms with Gasteiger partial charge < -0.3 is 10.1 Å². The fourth-order valence-electron chi connectivity index (χ4n) is 1.29. The maximum Gasteiger partial charge on any atom is 0.254 e. The second-order valence-electron chi connectivity index (χ2n) is 3.57. The van der Waals surface area contributed by atoms with Crippen molar-refractivity contribution in [2.75, 3.05) is 20.3 Å². The maximum absolute atomic E-state index is 11.5. The first-order valence-electron chi connectivity index (χ1n) is 4.75. The standard InChI is InChI=1S/C9H17N3O2/c1-4-5-10-8-11-7(13)9(2,12-8)6-14-3/h4-6H2,1-3H3,(H2,10,11,12,13). The molecule has 0 spiro atoms. The van der Waals surface area contributed by atoms with Gasteiger partial charge in [0.05, 0.1) is 6.61 Å². The summed E-state index contributed by atoms with van der Waals surface area (Å²) < 4.78 is 4.97. The zero-order valence-electron chi connectivity index (χ0n) is 8.89. The van der Waals surface area contributed by atoms with E-state index >= 15 is 0 Å². The molecule has 0 saturated carbocycles. The van der Waals surface area contributed by atoms with Crippen LogP contribution in [0.5, 0.6) is 0 Å². The zero-order chi connectivity index (χ0) is 10.6. The summed E-state index contributed by atoms with van der Waals surface area (Å²) in [6, 6.07) is 0. The van der Waals surface area contributed by atoms with Crippen molar-refractivity contribution in [3.05, 3.63) is 0 Å². The molecule has 5 nitrogen and oxygen atoms in total. The number of nitrogens with one attached hydrogen (secondary N) is 2. The van der Waals surface area contributed by atoms with Crippen LogP contribution in [0.4, 0.5) is 0 Å². The number of methoxy groups -OCH3 is 1. The lowest BCUT2D eigenvalue weighted by atomic mass is 10.1. The third-order valence-corrected chi connectivity index (χ3v) is 2.05. The summed E-state index contributed by atoms with van der Waals surface area (Å²) in [5, 5.41) is 5.70. The van der Waals surface area contributed by atoms with Crippen LogP contribution in [0.25, 0.3) is 0 Å². The van der Waals surface area contributed by atoms with Gasteiger partial charge in [-0.05, 0) is 13.3 Å². The summed E-state index contributed by atoms with van der Waals surface area (Å²) >= 11 is 0. The Morgan fingerprint density at radius 3 is 2.86 bits per heavy atom. The molecule has 1 amide bonds. The summed E-state index contributed by atoms with van der Waals surface area (Å²) in [5.41, 5.74) is -0.679. The number of amides is 1. The van der Waals surface area contributed by atoms with E-state index in [0.29, 0.717) is 19.1 Å². The summed E-state index contributed by atoms with van der Waals surface area (Å²) in [6.07, 6.45) is 0.960. The summed E-state index contributed by atoms with van der Waals surface area (Å²) in [6.45, 7) is 4.88. The van der Waals surface area contributed by atoms with Crippen molar-refractivity contribution >= 4 is 11.9 Å². The van der Waals surface area contributed by atoms with Crippen molar-refractivity contribution in [1.82, 2.24) is 10.6 Å². The molecule has 2 N–H and O–H groups in total. The maximum atomic E-state index is 11.5. The van der Waals surface area contributed by atoms with Gasteiger partial charge >= 0.3 is 0 Å². The van der Waals surface area contributed by atoms with Gasteiger partial charge in [-0.3, -0.25) is 15.1 Å². The van der Waals surface area contributed by atoms with E-state index in [9.17, 15) is 4.79 Å². The van der Waals surface area contributed by atoms with Crippen LogP contribution in [-0.2, 0) is 9.53 Å². The molecule has 0 aromatic rings. The number of rotatable bonds is 4. The molecule has 1 fully saturated rings. The Labute approximate surface area is 83.9 Å². The van der Waals surface area contributed by atoms with Crippen molar-refractivity contribution in [2.45, 2.75) is 25.8 Å². The normalized spacial score (nSPS) is 29.1. The molecular weight excluding hydrogens is 182 g/mol. The summed E-state index contributed by atoms with van der Waals surface area (Å²) in [7, 11) is 1.57. The number of aliphatic imine (C=N–C) groups is 1. The van der Waals surface area contributed by atoms with Gasteiger partial charge in [0, 0.05) is 13.7 Å². The van der Waals surface area contributed by atoms with Crippen molar-refractivity contribution in [2.24, 2.45) is 4.99 Å². The van der Waals surface area contributed by atoms with Gasteiger partial charge in [0.2, 0.25) is 0 Å². The lowest BCUT2D eigenvalue weighted by molar-refractivity contribution is -0.125. The number of ether oxygens (including phenoxy) is 1. The number of nitrogens with zero attached hydrogens (tertiary/aromatic N) is 1. The molecule has 1 aliphatic rings. The SMILES string of the molecule is CCCN=C1NC(=O)C(C)(COC)N1. The van der Waals surface area contributed by atoms with E-state index in [2.05, 4.69) is 15.6 Å². The van der Waals surface area contributed by atoms with Crippen LogP contribution in [0, 0.1) is 0 Å². The largest absolute Gasteiger partial charge is 0.382 e. The molecule has 0 aliphatic carbocycles. The molecule has 80 valence electrons. The monoisotopic (exact) mass is 199 g/mol. The molecule has 0 aromatic carbocycles. The fraction of sp³-hybridized carbons (Fsp3) is 0.778. The number of guanidine groups is 1. The van der Waals surface area contributed by atoms with E-state index in [1.807, 2.05) is 6.92 Å². The van der Waals surface area contributed by atoms with E-state index < -0.39 is 5.54 Å². The fourth-order valence-corrected chi connectivity index (χ4v) is 1.29. The average molecular weight is 199 g/mol. The minimum absolute atomic E-state index is 0.0887. The van der Waals surface area contributed by atoms with Crippen molar-refractivity contribution in [3.63, 3.8) is 0 Å². The topological polar surface area (TPSA) is 62.7 Å². The van der Waals surface area contributed by atoms with Crippen LogP contribution in [0.3, 0.4) is 0 Å². The highest BCUT2D eigenvalue weighted by Crippen LogP contribution is 2.09. The molecule has 14 heavy (non-hydrogen) atoms. The van der Waals surface area contributed by atoms with Crippen LogP contribution in [0.15, 0.2) is 4.99 Å². The van der Waals surface area contributed by atoms with E-state index in [1.54, 1.807) is 14.0 Å². The molecule has 0 aromatic heterocycles. The van der Waals surface area contributed by atoms with Gasteiger partial charge in [-0.2, -0.15) is 0 Å². The third-order valence-electron chi connectivity index (χ3n) is 2.05. The highest BCUT2D eigenvalue weighted by molar-refractivity contribution is 6.08. The molecule has 1 rings (SSSR count). The molecule has 0 bridgehead atoms. The molecule has 1 heterocycles. The highest BCUT2D eigenvalue weighted by atomic mass is 16.5. The average Bonchev–Trinajstić information content (AvgIpc) is 2.40. The number of carbonyl (C=O) groups excluding carboxylic acids is 1. The van der Waals surface area contributed by atoms with Gasteiger partial charge in [0.25, 0.3) is 5.91 Å². The van der Waals surface area contributed by atoms with Crippen LogP contribution < -0.4 is 10.6 Å². The lowest BCUT2D eigenvalue weighted by Gasteiger charge is -2.19. The summed E-state index contributed by atoms with van der Waals surface area (Å²) in [4.78, 5) is 15.7. The van der Waals surface area contributed by atoms with Crippen LogP contribution in [0.1, 0.15) is 20.3 Å². The second-order valence-corrected chi connectivity index (χ2v) is 3.57.